The number of anilines is 1. The number of pyridine rings is 1. The summed E-state index contributed by atoms with van der Waals surface area (Å²) in [7, 11) is 0. The van der Waals surface area contributed by atoms with E-state index in [0.29, 0.717) is 58.7 Å². The number of aromatic hydroxyl groups is 1. The number of halogens is 3. The monoisotopic (exact) mass is 622 g/mol. The lowest BCUT2D eigenvalue weighted by atomic mass is 9.95. The predicted molar refractivity (Wildman–Crippen MR) is 164 cm³/mol. The van der Waals surface area contributed by atoms with Crippen LogP contribution >= 0.6 is 11.6 Å². The Bertz CT molecular complexity index is 1800. The molecule has 2 aromatic heterocycles. The average Bonchev–Trinajstić information content (AvgIpc) is 3.49. The quantitative estimate of drug-likeness (QED) is 0.310. The van der Waals surface area contributed by atoms with Crippen LogP contribution in [0.1, 0.15) is 32.6 Å². The molecule has 0 aliphatic carbocycles. The zero-order valence-electron chi connectivity index (χ0n) is 24.3. The molecule has 0 amide bonds. The smallest absolute Gasteiger partial charge is 0.319 e. The average molecular weight is 623 g/mol. The number of hydrogen-bond donors (Lipinski definition) is 2. The molecule has 2 aromatic carbocycles. The summed E-state index contributed by atoms with van der Waals surface area (Å²) in [6.45, 7) is 5.23. The first-order valence-electron chi connectivity index (χ1n) is 15.3. The minimum Gasteiger partial charge on any atom is -0.508 e. The Kier molecular flexibility index (Phi) is 6.69. The van der Waals surface area contributed by atoms with Gasteiger partial charge in [-0.3, -0.25) is 4.90 Å². The van der Waals surface area contributed by atoms with Gasteiger partial charge < -0.3 is 24.8 Å². The van der Waals surface area contributed by atoms with Gasteiger partial charge in [0.25, 0.3) is 0 Å². The van der Waals surface area contributed by atoms with Crippen molar-refractivity contribution in [2.45, 2.75) is 56.4 Å². The number of aromatic nitrogens is 3. The number of phenols is 1. The largest absolute Gasteiger partial charge is 0.508 e. The summed E-state index contributed by atoms with van der Waals surface area (Å²) in [5, 5.41) is 16.1. The van der Waals surface area contributed by atoms with Crippen molar-refractivity contribution in [3.8, 4) is 28.9 Å². The van der Waals surface area contributed by atoms with Crippen molar-refractivity contribution in [1.29, 1.82) is 0 Å². The van der Waals surface area contributed by atoms with Crippen LogP contribution in [0, 0.1) is 5.82 Å². The second-order valence-corrected chi connectivity index (χ2v) is 12.8. The first-order chi connectivity index (χ1) is 21.3. The van der Waals surface area contributed by atoms with Crippen molar-refractivity contribution in [2.24, 2.45) is 0 Å². The number of benzene rings is 2. The van der Waals surface area contributed by atoms with Crippen molar-refractivity contribution in [3.05, 3.63) is 41.2 Å². The molecule has 2 N–H and O–H groups in total. The SMILES string of the molecule is CC[C@@H]1NCCN2c3nc(OC[C@@]45CCCN4C[C@H](F)C5)nc4c(F)c(-c5cc(O)cc6cccc(Cl)c56)nc(c34)OC[C@H]12. The number of nitrogens with one attached hydrogen (secondary N) is 1. The van der Waals surface area contributed by atoms with Gasteiger partial charge in [0.1, 0.15) is 47.5 Å². The normalized spacial score (nSPS) is 26.5. The Morgan fingerprint density at radius 3 is 2.95 bits per heavy atom. The highest BCUT2D eigenvalue weighted by Crippen LogP contribution is 2.45. The molecule has 4 aliphatic rings. The standard InChI is InChI=1S/C32H33ClF2N6O3/c1-2-22-23-15-43-30-25-28(26(35)27(37-30)20-12-19(42)11-17-5-3-6-21(33)24(17)20)38-31(39-29(25)41(23)10-8-36-22)44-16-32-7-4-9-40(32)14-18(34)13-32/h3,5-6,11-12,18,22-23,36,42H,2,4,7-10,13-16H2,1H3/t18-,22+,23-,32+/m1/s1. The van der Waals surface area contributed by atoms with E-state index in [9.17, 15) is 9.50 Å². The molecular formula is C32H33ClF2N6O3. The molecule has 0 spiro atoms. The molecule has 0 bridgehead atoms. The van der Waals surface area contributed by atoms with E-state index in [0.717, 1.165) is 32.4 Å². The Morgan fingerprint density at radius 1 is 1.20 bits per heavy atom. The fourth-order valence-corrected chi connectivity index (χ4v) is 8.08. The third-order valence-corrected chi connectivity index (χ3v) is 10.2. The van der Waals surface area contributed by atoms with Gasteiger partial charge in [-0.1, -0.05) is 30.7 Å². The van der Waals surface area contributed by atoms with E-state index in [2.05, 4.69) is 27.0 Å². The highest BCUT2D eigenvalue weighted by atomic mass is 35.5. The summed E-state index contributed by atoms with van der Waals surface area (Å²) < 4.78 is 44.0. The molecule has 4 aromatic rings. The Hall–Kier alpha value is -3.54. The van der Waals surface area contributed by atoms with E-state index >= 15 is 4.39 Å². The maximum atomic E-state index is 16.9. The second-order valence-electron chi connectivity index (χ2n) is 12.4. The van der Waals surface area contributed by atoms with Crippen LogP contribution in [-0.4, -0.2) is 88.1 Å². The number of piperazine rings is 1. The van der Waals surface area contributed by atoms with Gasteiger partial charge in [-0.05, 0) is 49.4 Å². The van der Waals surface area contributed by atoms with Crippen molar-refractivity contribution in [1.82, 2.24) is 25.2 Å². The van der Waals surface area contributed by atoms with Crippen LogP contribution in [-0.2, 0) is 0 Å². The highest BCUT2D eigenvalue weighted by Gasteiger charge is 2.49. The zero-order chi connectivity index (χ0) is 30.2. The number of alkyl halides is 1. The van der Waals surface area contributed by atoms with E-state index < -0.39 is 17.5 Å². The van der Waals surface area contributed by atoms with Crippen molar-refractivity contribution in [3.63, 3.8) is 0 Å². The number of phenolic OH excluding ortho intramolecular Hbond substituents is 1. The summed E-state index contributed by atoms with van der Waals surface area (Å²) >= 11 is 6.62. The molecule has 230 valence electrons. The van der Waals surface area contributed by atoms with Gasteiger partial charge in [0.2, 0.25) is 5.88 Å². The van der Waals surface area contributed by atoms with Crippen LogP contribution in [0.25, 0.3) is 32.9 Å². The fraction of sp³-hybridized carbons (Fsp3) is 0.469. The molecule has 9 nitrogen and oxygen atoms in total. The molecule has 0 radical (unpaired) electrons. The van der Waals surface area contributed by atoms with E-state index in [4.69, 9.17) is 31.0 Å². The number of fused-ring (bicyclic) bond motifs is 4. The molecule has 8 rings (SSSR count). The summed E-state index contributed by atoms with van der Waals surface area (Å²) in [5.74, 6) is -0.0249. The van der Waals surface area contributed by atoms with Gasteiger partial charge >= 0.3 is 6.01 Å². The maximum absolute atomic E-state index is 16.9. The molecule has 3 saturated heterocycles. The molecule has 0 unspecified atom stereocenters. The Balaban J connectivity index is 1.32. The van der Waals surface area contributed by atoms with Crippen molar-refractivity contribution < 1.29 is 23.4 Å². The lowest BCUT2D eigenvalue weighted by Gasteiger charge is -2.41. The third kappa shape index (κ3) is 4.34. The molecule has 4 atom stereocenters. The van der Waals surface area contributed by atoms with E-state index in [1.165, 1.54) is 6.07 Å². The minimum atomic E-state index is -0.900. The molecule has 6 heterocycles. The minimum absolute atomic E-state index is 0.0105. The molecule has 3 fully saturated rings. The van der Waals surface area contributed by atoms with Gasteiger partial charge in [0.15, 0.2) is 5.82 Å². The van der Waals surface area contributed by atoms with Crippen molar-refractivity contribution in [2.75, 3.05) is 44.3 Å². The van der Waals surface area contributed by atoms with Crippen LogP contribution in [0.4, 0.5) is 14.6 Å². The van der Waals surface area contributed by atoms with E-state index in [-0.39, 0.29) is 47.5 Å². The van der Waals surface area contributed by atoms with Gasteiger partial charge in [0, 0.05) is 48.1 Å². The molecular weight excluding hydrogens is 590 g/mol. The van der Waals surface area contributed by atoms with Crippen LogP contribution in [0.15, 0.2) is 30.3 Å². The first kappa shape index (κ1) is 28.0. The van der Waals surface area contributed by atoms with E-state index in [1.54, 1.807) is 24.3 Å². The summed E-state index contributed by atoms with van der Waals surface area (Å²) in [6.07, 6.45) is 2.17. The van der Waals surface area contributed by atoms with Gasteiger partial charge in [-0.15, -0.1) is 0 Å². The van der Waals surface area contributed by atoms with Gasteiger partial charge in [-0.2, -0.15) is 9.97 Å². The van der Waals surface area contributed by atoms with E-state index in [1.807, 2.05) is 0 Å². The van der Waals surface area contributed by atoms with Gasteiger partial charge in [-0.25, -0.2) is 13.8 Å². The molecule has 4 aliphatic heterocycles. The Labute approximate surface area is 258 Å². The van der Waals surface area contributed by atoms with Crippen LogP contribution < -0.4 is 19.7 Å². The predicted octanol–water partition coefficient (Wildman–Crippen LogP) is 5.25. The number of ether oxygens (including phenoxy) is 2. The summed E-state index contributed by atoms with van der Waals surface area (Å²) in [4.78, 5) is 18.5. The number of nitrogens with zero attached hydrogens (tertiary/aromatic N) is 5. The lowest BCUT2D eigenvalue weighted by Crippen LogP contribution is -2.60. The first-order valence-corrected chi connectivity index (χ1v) is 15.7. The zero-order valence-corrected chi connectivity index (χ0v) is 25.1. The van der Waals surface area contributed by atoms with Crippen LogP contribution in [0.2, 0.25) is 5.02 Å². The molecule has 12 heteroatoms. The highest BCUT2D eigenvalue weighted by molar-refractivity contribution is 6.36. The molecule has 0 saturated carbocycles. The Morgan fingerprint density at radius 2 is 2.09 bits per heavy atom. The number of hydrogen-bond acceptors (Lipinski definition) is 9. The van der Waals surface area contributed by atoms with Crippen LogP contribution in [0.3, 0.4) is 0 Å². The van der Waals surface area contributed by atoms with Gasteiger partial charge in [0.05, 0.1) is 11.6 Å². The van der Waals surface area contributed by atoms with Crippen molar-refractivity contribution >= 4 is 39.1 Å². The number of rotatable bonds is 5. The summed E-state index contributed by atoms with van der Waals surface area (Å²) in [5.41, 5.74) is -0.123. The van der Waals surface area contributed by atoms with Crippen LogP contribution in [0.5, 0.6) is 17.6 Å². The molecule has 44 heavy (non-hydrogen) atoms. The lowest BCUT2D eigenvalue weighted by molar-refractivity contribution is 0.107. The summed E-state index contributed by atoms with van der Waals surface area (Å²) in [6, 6.07) is 8.39. The topological polar surface area (TPSA) is 95.9 Å². The fourth-order valence-electron chi connectivity index (χ4n) is 7.80. The third-order valence-electron chi connectivity index (χ3n) is 9.84. The second kappa shape index (κ2) is 10.5. The maximum Gasteiger partial charge on any atom is 0.319 e.